The van der Waals surface area contributed by atoms with Crippen LogP contribution in [0.5, 0.6) is 0 Å². The van der Waals surface area contributed by atoms with Crippen LogP contribution in [0.4, 0.5) is 5.95 Å². The standard InChI is InChI=1S/C16H21N9/c1-2-24-15(20-12-21-24)11-23-6-7-25-14(10-23)8-13(22-25)9-19-16-17-4-3-5-18-16/h3-5,8,12H,2,6-7,9-11H2,1H3,(H,17,18,19). The lowest BCUT2D eigenvalue weighted by Crippen LogP contribution is -2.34. The number of aromatic nitrogens is 7. The topological polar surface area (TPSA) is 89.6 Å². The Labute approximate surface area is 145 Å². The highest BCUT2D eigenvalue weighted by atomic mass is 15.4. The molecule has 0 aliphatic carbocycles. The smallest absolute Gasteiger partial charge is 0.222 e. The number of nitrogens with zero attached hydrogens (tertiary/aromatic N) is 8. The van der Waals surface area contributed by atoms with Gasteiger partial charge in [0.05, 0.1) is 31.0 Å². The summed E-state index contributed by atoms with van der Waals surface area (Å²) < 4.78 is 4.03. The molecule has 0 spiro atoms. The Balaban J connectivity index is 1.39. The van der Waals surface area contributed by atoms with Crippen LogP contribution in [0, 0.1) is 0 Å². The van der Waals surface area contributed by atoms with E-state index in [2.05, 4.69) is 53.0 Å². The van der Waals surface area contributed by atoms with Gasteiger partial charge in [-0.05, 0) is 19.1 Å². The van der Waals surface area contributed by atoms with Crippen LogP contribution < -0.4 is 5.32 Å². The molecule has 9 nitrogen and oxygen atoms in total. The highest BCUT2D eigenvalue weighted by Gasteiger charge is 2.20. The summed E-state index contributed by atoms with van der Waals surface area (Å²) in [5, 5.41) is 12.1. The molecule has 0 atom stereocenters. The van der Waals surface area contributed by atoms with Crippen molar-refractivity contribution in [1.29, 1.82) is 0 Å². The summed E-state index contributed by atoms with van der Waals surface area (Å²) >= 11 is 0. The Bertz CT molecular complexity index is 823. The third-order valence-corrected chi connectivity index (χ3v) is 4.28. The zero-order chi connectivity index (χ0) is 17.1. The third-order valence-electron chi connectivity index (χ3n) is 4.28. The van der Waals surface area contributed by atoms with Gasteiger partial charge in [-0.1, -0.05) is 0 Å². The molecular formula is C16H21N9. The summed E-state index contributed by atoms with van der Waals surface area (Å²) in [6, 6.07) is 3.95. The molecule has 1 aliphatic rings. The summed E-state index contributed by atoms with van der Waals surface area (Å²) in [7, 11) is 0. The van der Waals surface area contributed by atoms with Crippen molar-refractivity contribution in [3.8, 4) is 0 Å². The Morgan fingerprint density at radius 2 is 2.04 bits per heavy atom. The van der Waals surface area contributed by atoms with Crippen molar-refractivity contribution in [2.75, 3.05) is 11.9 Å². The normalized spacial score (nSPS) is 14.4. The Morgan fingerprint density at radius 3 is 2.88 bits per heavy atom. The minimum Gasteiger partial charge on any atom is -0.348 e. The molecule has 9 heteroatoms. The van der Waals surface area contributed by atoms with Crippen LogP contribution in [0.15, 0.2) is 30.9 Å². The molecule has 0 unspecified atom stereocenters. The first kappa shape index (κ1) is 15.7. The van der Waals surface area contributed by atoms with Gasteiger partial charge in [0.2, 0.25) is 5.95 Å². The van der Waals surface area contributed by atoms with E-state index in [1.54, 1.807) is 24.8 Å². The van der Waals surface area contributed by atoms with Crippen LogP contribution in [0.25, 0.3) is 0 Å². The number of nitrogens with one attached hydrogen (secondary N) is 1. The first-order valence-electron chi connectivity index (χ1n) is 8.47. The van der Waals surface area contributed by atoms with Gasteiger partial charge in [0, 0.05) is 32.0 Å². The number of anilines is 1. The van der Waals surface area contributed by atoms with Crippen molar-refractivity contribution >= 4 is 5.95 Å². The molecule has 0 amide bonds. The lowest BCUT2D eigenvalue weighted by atomic mass is 10.2. The summed E-state index contributed by atoms with van der Waals surface area (Å²) in [5.41, 5.74) is 2.22. The zero-order valence-electron chi connectivity index (χ0n) is 14.2. The van der Waals surface area contributed by atoms with Gasteiger partial charge in [-0.25, -0.2) is 19.6 Å². The van der Waals surface area contributed by atoms with Gasteiger partial charge in [-0.2, -0.15) is 10.2 Å². The molecule has 3 aromatic rings. The van der Waals surface area contributed by atoms with Crippen LogP contribution in [0.1, 0.15) is 24.1 Å². The van der Waals surface area contributed by atoms with Crippen molar-refractivity contribution in [1.82, 2.24) is 39.4 Å². The molecule has 1 aliphatic heterocycles. The lowest BCUT2D eigenvalue weighted by Gasteiger charge is -2.26. The fourth-order valence-electron chi connectivity index (χ4n) is 3.04. The second-order valence-electron chi connectivity index (χ2n) is 5.98. The SMILES string of the molecule is CCn1ncnc1CN1CCn2nc(CNc3ncccn3)cc2C1. The Hall–Kier alpha value is -2.81. The van der Waals surface area contributed by atoms with Gasteiger partial charge in [0.15, 0.2) is 0 Å². The summed E-state index contributed by atoms with van der Waals surface area (Å²) in [4.78, 5) is 15.1. The van der Waals surface area contributed by atoms with Crippen LogP contribution >= 0.6 is 0 Å². The molecule has 0 aromatic carbocycles. The molecule has 25 heavy (non-hydrogen) atoms. The van der Waals surface area contributed by atoms with Crippen molar-refractivity contribution in [2.45, 2.75) is 39.6 Å². The number of hydrogen-bond acceptors (Lipinski definition) is 7. The zero-order valence-corrected chi connectivity index (χ0v) is 14.2. The highest BCUT2D eigenvalue weighted by molar-refractivity contribution is 5.24. The molecule has 4 rings (SSSR count). The first-order valence-corrected chi connectivity index (χ1v) is 8.47. The fourth-order valence-corrected chi connectivity index (χ4v) is 3.04. The fraction of sp³-hybridized carbons (Fsp3) is 0.438. The van der Waals surface area contributed by atoms with E-state index in [-0.39, 0.29) is 0 Å². The van der Waals surface area contributed by atoms with Gasteiger partial charge < -0.3 is 5.32 Å². The summed E-state index contributed by atoms with van der Waals surface area (Å²) in [5.74, 6) is 1.63. The van der Waals surface area contributed by atoms with Crippen molar-refractivity contribution in [3.05, 3.63) is 48.1 Å². The van der Waals surface area contributed by atoms with E-state index >= 15 is 0 Å². The number of fused-ring (bicyclic) bond motifs is 1. The van der Waals surface area contributed by atoms with E-state index < -0.39 is 0 Å². The summed E-state index contributed by atoms with van der Waals surface area (Å²) in [6.07, 6.45) is 5.07. The number of rotatable bonds is 6. The van der Waals surface area contributed by atoms with Gasteiger partial charge in [0.1, 0.15) is 12.2 Å². The van der Waals surface area contributed by atoms with E-state index in [4.69, 9.17) is 0 Å². The average molecular weight is 339 g/mol. The van der Waals surface area contributed by atoms with Crippen LogP contribution in [0.3, 0.4) is 0 Å². The van der Waals surface area contributed by atoms with E-state index in [0.29, 0.717) is 12.5 Å². The van der Waals surface area contributed by atoms with E-state index in [0.717, 1.165) is 44.2 Å². The minimum absolute atomic E-state index is 0.619. The molecule has 1 N–H and O–H groups in total. The van der Waals surface area contributed by atoms with Gasteiger partial charge in [-0.15, -0.1) is 0 Å². The molecule has 0 bridgehead atoms. The van der Waals surface area contributed by atoms with Gasteiger partial charge >= 0.3 is 0 Å². The predicted molar refractivity (Wildman–Crippen MR) is 91.4 cm³/mol. The predicted octanol–water partition coefficient (Wildman–Crippen LogP) is 0.912. The minimum atomic E-state index is 0.619. The van der Waals surface area contributed by atoms with Crippen LogP contribution in [-0.2, 0) is 32.7 Å². The van der Waals surface area contributed by atoms with Gasteiger partial charge in [0.25, 0.3) is 0 Å². The van der Waals surface area contributed by atoms with Gasteiger partial charge in [-0.3, -0.25) is 9.58 Å². The monoisotopic (exact) mass is 339 g/mol. The molecule has 0 saturated carbocycles. The second kappa shape index (κ2) is 6.98. The molecule has 3 aromatic heterocycles. The Kier molecular flexibility index (Phi) is 4.38. The largest absolute Gasteiger partial charge is 0.348 e. The Morgan fingerprint density at radius 1 is 1.16 bits per heavy atom. The molecular weight excluding hydrogens is 318 g/mol. The molecule has 0 radical (unpaired) electrons. The van der Waals surface area contributed by atoms with Crippen molar-refractivity contribution < 1.29 is 0 Å². The van der Waals surface area contributed by atoms with Crippen molar-refractivity contribution in [3.63, 3.8) is 0 Å². The third kappa shape index (κ3) is 3.50. The number of hydrogen-bond donors (Lipinski definition) is 1. The van der Waals surface area contributed by atoms with Crippen molar-refractivity contribution in [2.24, 2.45) is 0 Å². The molecule has 130 valence electrons. The highest BCUT2D eigenvalue weighted by Crippen LogP contribution is 2.16. The summed E-state index contributed by atoms with van der Waals surface area (Å²) in [6.45, 7) is 7.07. The van der Waals surface area contributed by atoms with Crippen LogP contribution in [0.2, 0.25) is 0 Å². The van der Waals surface area contributed by atoms with E-state index in [9.17, 15) is 0 Å². The molecule has 0 saturated heterocycles. The molecule has 0 fully saturated rings. The average Bonchev–Trinajstić information content (AvgIpc) is 3.26. The maximum Gasteiger partial charge on any atom is 0.222 e. The quantitative estimate of drug-likeness (QED) is 0.714. The molecule has 4 heterocycles. The second-order valence-corrected chi connectivity index (χ2v) is 5.98. The maximum atomic E-state index is 4.67. The maximum absolute atomic E-state index is 4.67. The lowest BCUT2D eigenvalue weighted by molar-refractivity contribution is 0.197. The van der Waals surface area contributed by atoms with E-state index in [1.807, 2.05) is 4.68 Å². The van der Waals surface area contributed by atoms with Crippen LogP contribution in [-0.4, -0.2) is 46.0 Å². The number of aryl methyl sites for hydroxylation is 1. The first-order chi connectivity index (χ1) is 12.3. The van der Waals surface area contributed by atoms with E-state index in [1.165, 1.54) is 5.69 Å².